The molecule has 13 heavy (non-hydrogen) atoms. The second-order valence-corrected chi connectivity index (χ2v) is 3.47. The highest BCUT2D eigenvalue weighted by Gasteiger charge is 2.22. The Bertz CT molecular complexity index is 301. The van der Waals surface area contributed by atoms with Crippen molar-refractivity contribution < 1.29 is 4.39 Å². The Hall–Kier alpha value is -1.12. The van der Waals surface area contributed by atoms with Crippen LogP contribution >= 0.6 is 0 Å². The van der Waals surface area contributed by atoms with Crippen LogP contribution in [0.2, 0.25) is 0 Å². The third-order valence-electron chi connectivity index (χ3n) is 2.33. The molecule has 1 aromatic rings. The Kier molecular flexibility index (Phi) is 2.17. The molecule has 2 heterocycles. The first-order valence-corrected chi connectivity index (χ1v) is 4.58. The summed E-state index contributed by atoms with van der Waals surface area (Å²) in [6, 6.07) is 5.85. The highest BCUT2D eigenvalue weighted by Crippen LogP contribution is 2.19. The molecule has 0 saturated carbocycles. The quantitative estimate of drug-likeness (QED) is 0.656. The van der Waals surface area contributed by atoms with Gasteiger partial charge in [-0.15, -0.1) is 0 Å². The lowest BCUT2D eigenvalue weighted by Gasteiger charge is -2.16. The van der Waals surface area contributed by atoms with Gasteiger partial charge < -0.3 is 4.90 Å². The fourth-order valence-corrected chi connectivity index (χ4v) is 1.63. The van der Waals surface area contributed by atoms with E-state index in [1.165, 1.54) is 0 Å². The maximum Gasteiger partial charge on any atom is 0.128 e. The number of alkyl halides is 1. The van der Waals surface area contributed by atoms with E-state index in [1.807, 2.05) is 30.0 Å². The molecule has 3 heteroatoms. The van der Waals surface area contributed by atoms with E-state index in [1.54, 1.807) is 0 Å². The van der Waals surface area contributed by atoms with E-state index < -0.39 is 6.17 Å². The second-order valence-electron chi connectivity index (χ2n) is 3.47. The minimum absolute atomic E-state index is 0.496. The number of nitrogens with zero attached hydrogens (tertiary/aromatic N) is 2. The molecule has 1 unspecified atom stereocenters. The molecule has 70 valence electrons. The summed E-state index contributed by atoms with van der Waals surface area (Å²) < 4.78 is 12.9. The highest BCUT2D eigenvalue weighted by molar-refractivity contribution is 5.40. The molecule has 0 aliphatic carbocycles. The Labute approximate surface area is 77.4 Å². The van der Waals surface area contributed by atoms with E-state index >= 15 is 0 Å². The van der Waals surface area contributed by atoms with Crippen LogP contribution in [-0.4, -0.2) is 24.2 Å². The number of aryl methyl sites for hydroxylation is 1. The molecular formula is C10H13FN2. The minimum Gasteiger partial charge on any atom is -0.354 e. The van der Waals surface area contributed by atoms with E-state index in [-0.39, 0.29) is 0 Å². The lowest BCUT2D eigenvalue weighted by atomic mass is 10.3. The van der Waals surface area contributed by atoms with Crippen LogP contribution in [0.5, 0.6) is 0 Å². The van der Waals surface area contributed by atoms with Gasteiger partial charge >= 0.3 is 0 Å². The first-order valence-electron chi connectivity index (χ1n) is 4.58. The number of hydrogen-bond donors (Lipinski definition) is 0. The topological polar surface area (TPSA) is 16.1 Å². The van der Waals surface area contributed by atoms with Crippen molar-refractivity contribution >= 4 is 5.82 Å². The SMILES string of the molecule is Cc1cccc(N2CCC(F)C2)n1. The summed E-state index contributed by atoms with van der Waals surface area (Å²) in [6.45, 7) is 3.24. The summed E-state index contributed by atoms with van der Waals surface area (Å²) in [7, 11) is 0. The van der Waals surface area contributed by atoms with Crippen LogP contribution in [0.25, 0.3) is 0 Å². The first-order chi connectivity index (χ1) is 6.25. The van der Waals surface area contributed by atoms with Gasteiger partial charge in [-0.25, -0.2) is 9.37 Å². The molecule has 0 radical (unpaired) electrons. The van der Waals surface area contributed by atoms with Gasteiger partial charge in [0.2, 0.25) is 0 Å². The summed E-state index contributed by atoms with van der Waals surface area (Å²) in [5, 5.41) is 0. The van der Waals surface area contributed by atoms with Crippen molar-refractivity contribution in [1.29, 1.82) is 0 Å². The van der Waals surface area contributed by atoms with Crippen molar-refractivity contribution in [3.05, 3.63) is 23.9 Å². The Morgan fingerprint density at radius 3 is 3.00 bits per heavy atom. The molecule has 0 bridgehead atoms. The molecule has 0 N–H and O–H groups in total. The van der Waals surface area contributed by atoms with Crippen LogP contribution in [-0.2, 0) is 0 Å². The van der Waals surface area contributed by atoms with Gasteiger partial charge in [0.15, 0.2) is 0 Å². The molecule has 0 spiro atoms. The van der Waals surface area contributed by atoms with Crippen LogP contribution in [0.1, 0.15) is 12.1 Å². The van der Waals surface area contributed by atoms with Gasteiger partial charge in [-0.2, -0.15) is 0 Å². The number of aromatic nitrogens is 1. The summed E-state index contributed by atoms with van der Waals surface area (Å²) >= 11 is 0. The van der Waals surface area contributed by atoms with Crippen molar-refractivity contribution in [2.75, 3.05) is 18.0 Å². The fraction of sp³-hybridized carbons (Fsp3) is 0.500. The minimum atomic E-state index is -0.678. The molecular weight excluding hydrogens is 167 g/mol. The first kappa shape index (κ1) is 8.48. The summed E-state index contributed by atoms with van der Waals surface area (Å²) in [4.78, 5) is 6.35. The molecule has 0 aromatic carbocycles. The van der Waals surface area contributed by atoms with Gasteiger partial charge in [0.1, 0.15) is 12.0 Å². The standard InChI is InChI=1S/C10H13FN2/c1-8-3-2-4-10(12-8)13-6-5-9(11)7-13/h2-4,9H,5-7H2,1H3. The monoisotopic (exact) mass is 180 g/mol. The van der Waals surface area contributed by atoms with E-state index in [4.69, 9.17) is 0 Å². The van der Waals surface area contributed by atoms with Crippen molar-refractivity contribution in [3.63, 3.8) is 0 Å². The molecule has 2 nitrogen and oxygen atoms in total. The third-order valence-corrected chi connectivity index (χ3v) is 2.33. The van der Waals surface area contributed by atoms with Crippen LogP contribution < -0.4 is 4.90 Å². The Balaban J connectivity index is 2.16. The summed E-state index contributed by atoms with van der Waals surface area (Å²) in [5.41, 5.74) is 0.986. The van der Waals surface area contributed by atoms with Crippen LogP contribution in [0.4, 0.5) is 10.2 Å². The number of rotatable bonds is 1. The van der Waals surface area contributed by atoms with Gasteiger partial charge in [0.05, 0.1) is 6.54 Å². The maximum atomic E-state index is 12.9. The van der Waals surface area contributed by atoms with E-state index in [9.17, 15) is 4.39 Å². The lowest BCUT2D eigenvalue weighted by Crippen LogP contribution is -2.21. The number of pyridine rings is 1. The average Bonchev–Trinajstić information content (AvgIpc) is 2.52. The smallest absolute Gasteiger partial charge is 0.128 e. The van der Waals surface area contributed by atoms with Gasteiger partial charge in [0, 0.05) is 12.2 Å². The summed E-state index contributed by atoms with van der Waals surface area (Å²) in [5.74, 6) is 0.903. The van der Waals surface area contributed by atoms with E-state index in [2.05, 4.69) is 4.98 Å². The molecule has 1 fully saturated rings. The highest BCUT2D eigenvalue weighted by atomic mass is 19.1. The zero-order valence-electron chi connectivity index (χ0n) is 7.70. The predicted molar refractivity (Wildman–Crippen MR) is 50.7 cm³/mol. The van der Waals surface area contributed by atoms with Crippen LogP contribution in [0, 0.1) is 6.92 Å². The van der Waals surface area contributed by atoms with Gasteiger partial charge in [-0.1, -0.05) is 6.07 Å². The van der Waals surface area contributed by atoms with Crippen molar-refractivity contribution in [2.45, 2.75) is 19.5 Å². The largest absolute Gasteiger partial charge is 0.354 e. The molecule has 1 atom stereocenters. The van der Waals surface area contributed by atoms with Gasteiger partial charge in [0.25, 0.3) is 0 Å². The predicted octanol–water partition coefficient (Wildman–Crippen LogP) is 1.94. The van der Waals surface area contributed by atoms with Crippen LogP contribution in [0.15, 0.2) is 18.2 Å². The molecule has 1 saturated heterocycles. The van der Waals surface area contributed by atoms with Gasteiger partial charge in [-0.3, -0.25) is 0 Å². The molecule has 1 aliphatic heterocycles. The maximum absolute atomic E-state index is 12.9. The van der Waals surface area contributed by atoms with Gasteiger partial charge in [-0.05, 0) is 25.5 Å². The zero-order valence-corrected chi connectivity index (χ0v) is 7.70. The van der Waals surface area contributed by atoms with E-state index in [0.717, 1.165) is 18.1 Å². The second kappa shape index (κ2) is 3.32. The molecule has 1 aliphatic rings. The third kappa shape index (κ3) is 1.79. The Morgan fingerprint density at radius 2 is 2.38 bits per heavy atom. The molecule has 1 aromatic heterocycles. The number of anilines is 1. The fourth-order valence-electron chi connectivity index (χ4n) is 1.63. The lowest BCUT2D eigenvalue weighted by molar-refractivity contribution is 0.364. The molecule has 0 amide bonds. The average molecular weight is 180 g/mol. The Morgan fingerprint density at radius 1 is 1.54 bits per heavy atom. The zero-order chi connectivity index (χ0) is 9.26. The molecule has 2 rings (SSSR count). The van der Waals surface area contributed by atoms with E-state index in [0.29, 0.717) is 13.0 Å². The summed E-state index contributed by atoms with van der Waals surface area (Å²) in [6.07, 6.45) is -0.0439. The van der Waals surface area contributed by atoms with Crippen LogP contribution in [0.3, 0.4) is 0 Å². The normalized spacial score (nSPS) is 22.3. The number of halogens is 1. The van der Waals surface area contributed by atoms with Crippen molar-refractivity contribution in [2.24, 2.45) is 0 Å². The van der Waals surface area contributed by atoms with Crippen molar-refractivity contribution in [1.82, 2.24) is 4.98 Å². The van der Waals surface area contributed by atoms with Crippen molar-refractivity contribution in [3.8, 4) is 0 Å². The number of hydrogen-bond acceptors (Lipinski definition) is 2.